The van der Waals surface area contributed by atoms with Gasteiger partial charge < -0.3 is 15.2 Å². The lowest BCUT2D eigenvalue weighted by Crippen LogP contribution is -2.41. The SMILES string of the molecule is O=C([O-])C[C@@H](NC(=O)C(F)(F)F)c1cccc2ccccc12. The Morgan fingerprint density at radius 3 is 2.36 bits per heavy atom. The number of carboxylic acids is 1. The van der Waals surface area contributed by atoms with Crippen molar-refractivity contribution in [1.82, 2.24) is 5.32 Å². The predicted molar refractivity (Wildman–Crippen MR) is 70.5 cm³/mol. The van der Waals surface area contributed by atoms with Crippen LogP contribution in [0.15, 0.2) is 42.5 Å². The molecule has 1 atom stereocenters. The molecule has 2 aromatic rings. The maximum absolute atomic E-state index is 12.4. The topological polar surface area (TPSA) is 69.2 Å². The van der Waals surface area contributed by atoms with Crippen molar-refractivity contribution in [3.63, 3.8) is 0 Å². The zero-order chi connectivity index (χ0) is 16.3. The highest BCUT2D eigenvalue weighted by Gasteiger charge is 2.40. The van der Waals surface area contributed by atoms with Gasteiger partial charge in [-0.2, -0.15) is 13.2 Å². The number of alkyl halides is 3. The maximum Gasteiger partial charge on any atom is 0.471 e. The Bertz CT molecular complexity index is 707. The molecule has 0 saturated heterocycles. The number of hydrogen-bond donors (Lipinski definition) is 1. The molecule has 0 fully saturated rings. The molecule has 4 nitrogen and oxygen atoms in total. The second-order valence-corrected chi connectivity index (χ2v) is 4.67. The van der Waals surface area contributed by atoms with E-state index in [1.54, 1.807) is 41.7 Å². The Balaban J connectivity index is 2.44. The largest absolute Gasteiger partial charge is 0.550 e. The molecule has 2 aromatic carbocycles. The minimum Gasteiger partial charge on any atom is -0.550 e. The number of benzene rings is 2. The summed E-state index contributed by atoms with van der Waals surface area (Å²) in [5, 5.41) is 13.8. The Hall–Kier alpha value is -2.57. The van der Waals surface area contributed by atoms with Gasteiger partial charge in [0.2, 0.25) is 0 Å². The number of carbonyl (C=O) groups excluding carboxylic acids is 2. The van der Waals surface area contributed by atoms with Gasteiger partial charge in [-0.05, 0) is 16.3 Å². The summed E-state index contributed by atoms with van der Waals surface area (Å²) in [4.78, 5) is 21.9. The van der Waals surface area contributed by atoms with Gasteiger partial charge in [-0.25, -0.2) is 0 Å². The number of aliphatic carboxylic acids is 1. The molecule has 0 radical (unpaired) electrons. The Morgan fingerprint density at radius 1 is 1.09 bits per heavy atom. The van der Waals surface area contributed by atoms with Crippen molar-refractivity contribution in [2.24, 2.45) is 0 Å². The second-order valence-electron chi connectivity index (χ2n) is 4.67. The minimum absolute atomic E-state index is 0.292. The first-order chi connectivity index (χ1) is 10.3. The van der Waals surface area contributed by atoms with Crippen LogP contribution in [0.25, 0.3) is 10.8 Å². The molecule has 2 rings (SSSR count). The van der Waals surface area contributed by atoms with E-state index >= 15 is 0 Å². The van der Waals surface area contributed by atoms with Crippen molar-refractivity contribution in [3.8, 4) is 0 Å². The van der Waals surface area contributed by atoms with Gasteiger partial charge in [0.25, 0.3) is 0 Å². The van der Waals surface area contributed by atoms with Gasteiger partial charge in [0.05, 0.1) is 6.04 Å². The van der Waals surface area contributed by atoms with E-state index in [2.05, 4.69) is 0 Å². The van der Waals surface area contributed by atoms with Crippen molar-refractivity contribution in [3.05, 3.63) is 48.0 Å². The Morgan fingerprint density at radius 2 is 1.73 bits per heavy atom. The van der Waals surface area contributed by atoms with Crippen LogP contribution >= 0.6 is 0 Å². The second kappa shape index (κ2) is 6.05. The number of fused-ring (bicyclic) bond motifs is 1. The number of carbonyl (C=O) groups is 2. The average Bonchev–Trinajstić information content (AvgIpc) is 2.44. The average molecular weight is 310 g/mol. The third-order valence-electron chi connectivity index (χ3n) is 3.13. The van der Waals surface area contributed by atoms with E-state index in [0.717, 1.165) is 5.39 Å². The van der Waals surface area contributed by atoms with E-state index in [1.807, 2.05) is 0 Å². The van der Waals surface area contributed by atoms with Crippen molar-refractivity contribution < 1.29 is 27.9 Å². The lowest BCUT2D eigenvalue weighted by molar-refractivity contribution is -0.306. The van der Waals surface area contributed by atoms with Crippen LogP contribution in [0.5, 0.6) is 0 Å². The summed E-state index contributed by atoms with van der Waals surface area (Å²) in [6, 6.07) is 10.3. The summed E-state index contributed by atoms with van der Waals surface area (Å²) < 4.78 is 37.2. The monoisotopic (exact) mass is 310 g/mol. The van der Waals surface area contributed by atoms with Crippen molar-refractivity contribution >= 4 is 22.6 Å². The van der Waals surface area contributed by atoms with Crippen molar-refractivity contribution in [2.75, 3.05) is 0 Å². The summed E-state index contributed by atoms with van der Waals surface area (Å²) in [6.07, 6.45) is -5.84. The molecule has 1 amide bonds. The van der Waals surface area contributed by atoms with Crippen LogP contribution in [0.3, 0.4) is 0 Å². The summed E-state index contributed by atoms with van der Waals surface area (Å²) in [5.74, 6) is -3.74. The number of carboxylic acid groups (broad SMARTS) is 1. The first-order valence-electron chi connectivity index (χ1n) is 6.34. The highest BCUT2D eigenvalue weighted by molar-refractivity contribution is 5.88. The smallest absolute Gasteiger partial charge is 0.471 e. The first-order valence-corrected chi connectivity index (χ1v) is 6.34. The summed E-state index contributed by atoms with van der Waals surface area (Å²) in [7, 11) is 0. The van der Waals surface area contributed by atoms with Crippen LogP contribution in [0.4, 0.5) is 13.2 Å². The summed E-state index contributed by atoms with van der Waals surface area (Å²) in [5.41, 5.74) is 0.292. The third kappa shape index (κ3) is 3.55. The molecule has 1 N–H and O–H groups in total. The molecule has 0 aliphatic carbocycles. The molecule has 0 aliphatic heterocycles. The van der Waals surface area contributed by atoms with E-state index in [0.29, 0.717) is 10.9 Å². The van der Waals surface area contributed by atoms with Crippen LogP contribution in [0.2, 0.25) is 0 Å². The summed E-state index contributed by atoms with van der Waals surface area (Å²) >= 11 is 0. The molecular formula is C15H11F3NO3-. The lowest BCUT2D eigenvalue weighted by atomic mass is 9.96. The molecular weight excluding hydrogens is 299 g/mol. The van der Waals surface area contributed by atoms with Crippen LogP contribution in [-0.2, 0) is 9.59 Å². The van der Waals surface area contributed by atoms with Crippen LogP contribution in [0, 0.1) is 0 Å². The molecule has 7 heteroatoms. The van der Waals surface area contributed by atoms with Gasteiger partial charge in [-0.15, -0.1) is 0 Å². The summed E-state index contributed by atoms with van der Waals surface area (Å²) in [6.45, 7) is 0. The highest BCUT2D eigenvalue weighted by Crippen LogP contribution is 2.27. The predicted octanol–water partition coefficient (Wildman–Crippen LogP) is 1.70. The van der Waals surface area contributed by atoms with E-state index in [4.69, 9.17) is 0 Å². The number of rotatable bonds is 4. The fraction of sp³-hybridized carbons (Fsp3) is 0.200. The van der Waals surface area contributed by atoms with Crippen LogP contribution in [-0.4, -0.2) is 18.1 Å². The van der Waals surface area contributed by atoms with Gasteiger partial charge in [0.1, 0.15) is 0 Å². The normalized spacial score (nSPS) is 12.9. The van der Waals surface area contributed by atoms with E-state index in [-0.39, 0.29) is 0 Å². The lowest BCUT2D eigenvalue weighted by Gasteiger charge is -2.22. The van der Waals surface area contributed by atoms with Gasteiger partial charge in [-0.1, -0.05) is 42.5 Å². The fourth-order valence-corrected chi connectivity index (χ4v) is 2.20. The van der Waals surface area contributed by atoms with Crippen LogP contribution in [0.1, 0.15) is 18.0 Å². The van der Waals surface area contributed by atoms with Gasteiger partial charge in [0.15, 0.2) is 0 Å². The van der Waals surface area contributed by atoms with E-state index in [9.17, 15) is 27.9 Å². The zero-order valence-electron chi connectivity index (χ0n) is 11.2. The van der Waals surface area contributed by atoms with Gasteiger partial charge >= 0.3 is 12.1 Å². The Labute approximate surface area is 123 Å². The maximum atomic E-state index is 12.4. The minimum atomic E-state index is -5.09. The zero-order valence-corrected chi connectivity index (χ0v) is 11.2. The molecule has 0 aromatic heterocycles. The van der Waals surface area contributed by atoms with Gasteiger partial charge in [0, 0.05) is 12.4 Å². The highest BCUT2D eigenvalue weighted by atomic mass is 19.4. The van der Waals surface area contributed by atoms with Crippen LogP contribution < -0.4 is 10.4 Å². The first kappa shape index (κ1) is 15.8. The number of amides is 1. The number of nitrogens with one attached hydrogen (secondary N) is 1. The molecule has 22 heavy (non-hydrogen) atoms. The molecule has 0 spiro atoms. The van der Waals surface area contributed by atoms with E-state index < -0.39 is 30.5 Å². The quantitative estimate of drug-likeness (QED) is 0.934. The fourth-order valence-electron chi connectivity index (χ4n) is 2.20. The van der Waals surface area contributed by atoms with E-state index in [1.165, 1.54) is 6.07 Å². The molecule has 0 heterocycles. The standard InChI is InChI=1S/C15H12F3NO3/c16-15(17,18)14(22)19-12(8-13(20)21)11-7-3-5-9-4-1-2-6-10(9)11/h1-7,12H,8H2,(H,19,22)(H,20,21)/p-1/t12-/m1/s1. The number of hydrogen-bond acceptors (Lipinski definition) is 3. The molecule has 0 aliphatic rings. The molecule has 116 valence electrons. The molecule has 0 bridgehead atoms. The Kier molecular flexibility index (Phi) is 4.35. The third-order valence-corrected chi connectivity index (χ3v) is 3.13. The van der Waals surface area contributed by atoms with Crippen molar-refractivity contribution in [2.45, 2.75) is 18.6 Å². The van der Waals surface area contributed by atoms with Gasteiger partial charge in [-0.3, -0.25) is 4.79 Å². The number of halogens is 3. The molecule has 0 unspecified atom stereocenters. The molecule has 0 saturated carbocycles. The van der Waals surface area contributed by atoms with Crippen molar-refractivity contribution in [1.29, 1.82) is 0 Å².